The second-order valence-corrected chi connectivity index (χ2v) is 14.0. The van der Waals surface area contributed by atoms with Gasteiger partial charge in [0.1, 0.15) is 0 Å². The van der Waals surface area contributed by atoms with Crippen molar-refractivity contribution in [1.82, 2.24) is 4.40 Å². The van der Waals surface area contributed by atoms with E-state index in [2.05, 4.69) is 125 Å². The van der Waals surface area contributed by atoms with Crippen LogP contribution in [-0.2, 0) is 5.41 Å². The van der Waals surface area contributed by atoms with Gasteiger partial charge in [-0.05, 0) is 75.8 Å². The first-order valence-electron chi connectivity index (χ1n) is 17.1. The largest absolute Gasteiger partial charge is 0.308 e. The van der Waals surface area contributed by atoms with Gasteiger partial charge < -0.3 is 4.40 Å². The Morgan fingerprint density at radius 1 is 0.638 bits per heavy atom. The third-order valence-corrected chi connectivity index (χ3v) is 9.16. The molecule has 0 saturated carbocycles. The van der Waals surface area contributed by atoms with Crippen LogP contribution in [0, 0.1) is 28.1 Å². The Kier molecular flexibility index (Phi) is 9.08. The molecular weight excluding hydrogens is 571 g/mol. The van der Waals surface area contributed by atoms with Crippen molar-refractivity contribution in [2.75, 3.05) is 0 Å². The molecule has 6 aromatic rings. The standard InChI is InChI=1S/C40H35N3.2C2H6/c1-39(2,3)32-16-9-7-12-26(32)30-18-24(22-41)20-34-36(30)28-14-11-15-29-37-31(27-13-8-10-17-33(27)40(4,5)6)19-25(23-42)21-35(37)43(34)38(28)29;2*1-2/h7-9,11-16,18-21H,10,17H2,1-6H3;2*1-2H3. The molecule has 2 heterocycles. The summed E-state index contributed by atoms with van der Waals surface area (Å²) in [6, 6.07) is 28.3. The minimum absolute atomic E-state index is 0.0132. The zero-order chi connectivity index (χ0) is 34.3. The Balaban J connectivity index is 0.00000105. The van der Waals surface area contributed by atoms with Gasteiger partial charge in [0, 0.05) is 21.5 Å². The number of hydrogen-bond donors (Lipinski definition) is 0. The minimum Gasteiger partial charge on any atom is -0.308 e. The van der Waals surface area contributed by atoms with E-state index < -0.39 is 0 Å². The van der Waals surface area contributed by atoms with Crippen LogP contribution >= 0.6 is 0 Å². The third-order valence-electron chi connectivity index (χ3n) is 9.16. The first kappa shape index (κ1) is 33.5. The normalized spacial score (nSPS) is 13.4. The SMILES string of the molecule is CC.CC.CC(C)(C)C1=C(c2cc(C#N)cc3c2c2cccc4c5c(-c6ccccc6C(C)(C)C)cc(C#N)cc5n3c24)C=CCC1. The van der Waals surface area contributed by atoms with Crippen molar-refractivity contribution in [2.45, 2.75) is 87.5 Å². The van der Waals surface area contributed by atoms with Gasteiger partial charge in [-0.3, -0.25) is 0 Å². The first-order valence-corrected chi connectivity index (χ1v) is 17.1. The predicted molar refractivity (Wildman–Crippen MR) is 202 cm³/mol. The average Bonchev–Trinajstić information content (AvgIpc) is 3.61. The van der Waals surface area contributed by atoms with Crippen molar-refractivity contribution in [3.63, 3.8) is 0 Å². The molecule has 4 aromatic carbocycles. The monoisotopic (exact) mass is 617 g/mol. The highest BCUT2D eigenvalue weighted by molar-refractivity contribution is 6.27. The molecule has 0 radical (unpaired) electrons. The molecule has 0 spiro atoms. The van der Waals surface area contributed by atoms with Crippen molar-refractivity contribution < 1.29 is 0 Å². The number of nitrogens with zero attached hydrogens (tertiary/aromatic N) is 3. The molecular formula is C44H47N3. The van der Waals surface area contributed by atoms with E-state index in [0.29, 0.717) is 11.1 Å². The second-order valence-electron chi connectivity index (χ2n) is 14.0. The smallest absolute Gasteiger partial charge is 0.0992 e. The van der Waals surface area contributed by atoms with E-state index in [4.69, 9.17) is 0 Å². The third kappa shape index (κ3) is 5.49. The number of fused-ring (bicyclic) bond motifs is 6. The summed E-state index contributed by atoms with van der Waals surface area (Å²) in [6.07, 6.45) is 6.58. The highest BCUT2D eigenvalue weighted by atomic mass is 14.9. The van der Waals surface area contributed by atoms with Crippen LogP contribution in [0.4, 0.5) is 0 Å². The molecule has 0 amide bonds. The number of hydrogen-bond acceptors (Lipinski definition) is 2. The van der Waals surface area contributed by atoms with Gasteiger partial charge >= 0.3 is 0 Å². The van der Waals surface area contributed by atoms with E-state index in [0.717, 1.165) is 51.5 Å². The molecule has 0 saturated heterocycles. The molecule has 0 aliphatic heterocycles. The molecule has 0 fully saturated rings. The summed E-state index contributed by atoms with van der Waals surface area (Å²) in [4.78, 5) is 0. The van der Waals surface area contributed by atoms with E-state index in [1.54, 1.807) is 0 Å². The van der Waals surface area contributed by atoms with Gasteiger partial charge in [-0.2, -0.15) is 10.5 Å². The summed E-state index contributed by atoms with van der Waals surface area (Å²) >= 11 is 0. The lowest BCUT2D eigenvalue weighted by Crippen LogP contribution is -2.13. The van der Waals surface area contributed by atoms with Gasteiger partial charge in [0.05, 0.1) is 39.8 Å². The average molecular weight is 618 g/mol. The molecule has 2 aromatic heterocycles. The zero-order valence-corrected chi connectivity index (χ0v) is 29.8. The lowest BCUT2D eigenvalue weighted by atomic mass is 9.76. The summed E-state index contributed by atoms with van der Waals surface area (Å²) in [5.41, 5.74) is 11.6. The van der Waals surface area contributed by atoms with Crippen LogP contribution in [0.25, 0.3) is 54.8 Å². The number of benzene rings is 4. The van der Waals surface area contributed by atoms with E-state index in [1.165, 1.54) is 32.9 Å². The maximum Gasteiger partial charge on any atom is 0.0992 e. The highest BCUT2D eigenvalue weighted by Gasteiger charge is 2.28. The van der Waals surface area contributed by atoms with Crippen molar-refractivity contribution in [1.29, 1.82) is 10.5 Å². The van der Waals surface area contributed by atoms with Crippen molar-refractivity contribution >= 4 is 43.7 Å². The number of para-hydroxylation sites is 1. The summed E-state index contributed by atoms with van der Waals surface area (Å²) in [5, 5.41) is 25.1. The molecule has 7 rings (SSSR count). The quantitative estimate of drug-likeness (QED) is 0.194. The van der Waals surface area contributed by atoms with Gasteiger partial charge in [-0.1, -0.05) is 129 Å². The van der Waals surface area contributed by atoms with Gasteiger partial charge in [-0.25, -0.2) is 0 Å². The fourth-order valence-electron chi connectivity index (χ4n) is 7.35. The minimum atomic E-state index is -0.0681. The molecule has 3 nitrogen and oxygen atoms in total. The van der Waals surface area contributed by atoms with Crippen molar-refractivity contribution in [3.8, 4) is 23.3 Å². The van der Waals surface area contributed by atoms with Crippen LogP contribution < -0.4 is 0 Å². The predicted octanol–water partition coefficient (Wildman–Crippen LogP) is 12.7. The molecule has 47 heavy (non-hydrogen) atoms. The topological polar surface area (TPSA) is 52.0 Å². The molecule has 3 heteroatoms. The number of aromatic nitrogens is 1. The number of rotatable bonds is 2. The van der Waals surface area contributed by atoms with Gasteiger partial charge in [0.25, 0.3) is 0 Å². The van der Waals surface area contributed by atoms with Crippen LogP contribution in [0.3, 0.4) is 0 Å². The lowest BCUT2D eigenvalue weighted by Gasteiger charge is -2.28. The maximum atomic E-state index is 10.2. The second kappa shape index (κ2) is 12.7. The van der Waals surface area contributed by atoms with Gasteiger partial charge in [0.2, 0.25) is 0 Å². The molecule has 0 bridgehead atoms. The number of allylic oxidation sites excluding steroid dienone is 4. The van der Waals surface area contributed by atoms with E-state index in [1.807, 2.05) is 39.8 Å². The Morgan fingerprint density at radius 3 is 1.74 bits per heavy atom. The summed E-state index contributed by atoms with van der Waals surface area (Å²) in [6.45, 7) is 21.6. The fourth-order valence-corrected chi connectivity index (χ4v) is 7.35. The molecule has 0 unspecified atom stereocenters. The van der Waals surface area contributed by atoms with Gasteiger partial charge in [-0.15, -0.1) is 0 Å². The van der Waals surface area contributed by atoms with Crippen molar-refractivity contribution in [2.24, 2.45) is 5.41 Å². The fraction of sp³-hybridized carbons (Fsp3) is 0.318. The Labute approximate surface area is 280 Å². The van der Waals surface area contributed by atoms with Crippen LogP contribution in [0.2, 0.25) is 0 Å². The molecule has 1 aliphatic carbocycles. The van der Waals surface area contributed by atoms with Crippen LogP contribution in [0.5, 0.6) is 0 Å². The van der Waals surface area contributed by atoms with Crippen LogP contribution in [-0.4, -0.2) is 4.40 Å². The van der Waals surface area contributed by atoms with E-state index >= 15 is 0 Å². The summed E-state index contributed by atoms with van der Waals surface area (Å²) in [7, 11) is 0. The molecule has 0 N–H and O–H groups in total. The van der Waals surface area contributed by atoms with Crippen LogP contribution in [0.15, 0.2) is 84.5 Å². The Hall–Kier alpha value is -4.86. The summed E-state index contributed by atoms with van der Waals surface area (Å²) < 4.78 is 2.31. The Bertz CT molecular complexity index is 2260. The maximum absolute atomic E-state index is 10.2. The zero-order valence-electron chi connectivity index (χ0n) is 29.8. The lowest BCUT2D eigenvalue weighted by molar-refractivity contribution is 0.484. The molecule has 1 aliphatic rings. The van der Waals surface area contributed by atoms with E-state index in [-0.39, 0.29) is 10.8 Å². The molecule has 0 atom stereocenters. The van der Waals surface area contributed by atoms with Crippen LogP contribution in [0.1, 0.15) is 104 Å². The Morgan fingerprint density at radius 2 is 1.19 bits per heavy atom. The number of nitriles is 2. The van der Waals surface area contributed by atoms with Gasteiger partial charge in [0.15, 0.2) is 0 Å². The molecule has 238 valence electrons. The summed E-state index contributed by atoms with van der Waals surface area (Å²) in [5.74, 6) is 0. The highest BCUT2D eigenvalue weighted by Crippen LogP contribution is 2.48. The first-order chi connectivity index (χ1) is 22.5. The van der Waals surface area contributed by atoms with E-state index in [9.17, 15) is 10.5 Å². The van der Waals surface area contributed by atoms with Crippen molar-refractivity contribution in [3.05, 3.63) is 107 Å².